The molecule has 30 heavy (non-hydrogen) atoms. The predicted molar refractivity (Wildman–Crippen MR) is 118 cm³/mol. The summed E-state index contributed by atoms with van der Waals surface area (Å²) < 4.78 is 29.1. The van der Waals surface area contributed by atoms with Crippen molar-refractivity contribution in [3.8, 4) is 0 Å². The first-order valence-electron chi connectivity index (χ1n) is 9.44. The maximum absolute atomic E-state index is 12.9. The third-order valence-corrected chi connectivity index (χ3v) is 8.47. The number of pyridine rings is 1. The molecule has 0 unspecified atom stereocenters. The predicted octanol–water partition coefficient (Wildman–Crippen LogP) is 3.21. The molecule has 3 aromatic heterocycles. The Morgan fingerprint density at radius 1 is 1.20 bits per heavy atom. The fourth-order valence-electron chi connectivity index (χ4n) is 3.54. The number of sulfonamides is 1. The van der Waals surface area contributed by atoms with E-state index < -0.39 is 10.0 Å². The SMILES string of the molecule is Cc1cc(S(=O)(=O)N2CCN(C(=O)/C=C/c3c(Cl)nc4ccccn34)CC2)c(C)s1. The number of imidazole rings is 1. The van der Waals surface area contributed by atoms with Crippen LogP contribution in [0.3, 0.4) is 0 Å². The molecule has 0 radical (unpaired) electrons. The summed E-state index contributed by atoms with van der Waals surface area (Å²) in [6.07, 6.45) is 4.93. The van der Waals surface area contributed by atoms with Crippen LogP contribution < -0.4 is 0 Å². The summed E-state index contributed by atoms with van der Waals surface area (Å²) in [6.45, 7) is 4.94. The number of thiophene rings is 1. The molecule has 4 heterocycles. The van der Waals surface area contributed by atoms with Gasteiger partial charge in [-0.1, -0.05) is 17.7 Å². The molecule has 1 aliphatic rings. The number of piperazine rings is 1. The molecular formula is C20H21ClN4O3S2. The van der Waals surface area contributed by atoms with Gasteiger partial charge in [0.05, 0.1) is 10.6 Å². The van der Waals surface area contributed by atoms with Crippen molar-refractivity contribution in [3.63, 3.8) is 0 Å². The molecular weight excluding hydrogens is 444 g/mol. The lowest BCUT2D eigenvalue weighted by molar-refractivity contribution is -0.127. The maximum Gasteiger partial charge on any atom is 0.246 e. The smallest absolute Gasteiger partial charge is 0.246 e. The highest BCUT2D eigenvalue weighted by atomic mass is 35.5. The topological polar surface area (TPSA) is 75.0 Å². The second-order valence-electron chi connectivity index (χ2n) is 7.06. The highest BCUT2D eigenvalue weighted by Crippen LogP contribution is 2.28. The number of rotatable bonds is 4. The minimum atomic E-state index is -3.54. The van der Waals surface area contributed by atoms with Gasteiger partial charge in [-0.05, 0) is 38.1 Å². The van der Waals surface area contributed by atoms with Gasteiger partial charge < -0.3 is 4.90 Å². The average molecular weight is 465 g/mol. The summed E-state index contributed by atoms with van der Waals surface area (Å²) in [5, 5.41) is 0.322. The molecule has 1 amide bonds. The first kappa shape index (κ1) is 21.0. The van der Waals surface area contributed by atoms with Crippen LogP contribution in [-0.4, -0.2) is 59.1 Å². The second kappa shape index (κ2) is 8.14. The van der Waals surface area contributed by atoms with E-state index in [4.69, 9.17) is 11.6 Å². The van der Waals surface area contributed by atoms with Gasteiger partial charge in [-0.15, -0.1) is 11.3 Å². The molecule has 0 spiro atoms. The number of aromatic nitrogens is 2. The molecule has 0 aromatic carbocycles. The highest BCUT2D eigenvalue weighted by molar-refractivity contribution is 7.89. The summed E-state index contributed by atoms with van der Waals surface area (Å²) >= 11 is 7.67. The Balaban J connectivity index is 1.44. The molecule has 1 aliphatic heterocycles. The zero-order chi connectivity index (χ0) is 21.5. The third-order valence-electron chi connectivity index (χ3n) is 5.07. The number of hydrogen-bond acceptors (Lipinski definition) is 5. The monoisotopic (exact) mass is 464 g/mol. The van der Waals surface area contributed by atoms with E-state index in [0.717, 1.165) is 9.75 Å². The van der Waals surface area contributed by atoms with Crippen LogP contribution in [0.5, 0.6) is 0 Å². The molecule has 4 rings (SSSR count). The van der Waals surface area contributed by atoms with Gasteiger partial charge >= 0.3 is 0 Å². The van der Waals surface area contributed by atoms with Crippen molar-refractivity contribution in [3.05, 3.63) is 57.1 Å². The molecule has 0 N–H and O–H groups in total. The minimum absolute atomic E-state index is 0.184. The van der Waals surface area contributed by atoms with E-state index in [2.05, 4.69) is 4.98 Å². The number of aryl methyl sites for hydroxylation is 2. The van der Waals surface area contributed by atoms with Gasteiger partial charge in [0.2, 0.25) is 15.9 Å². The lowest BCUT2D eigenvalue weighted by atomic mass is 10.3. The Labute approximate surface area is 184 Å². The number of fused-ring (bicyclic) bond motifs is 1. The van der Waals surface area contributed by atoms with Gasteiger partial charge in [0.25, 0.3) is 0 Å². The quantitative estimate of drug-likeness (QED) is 0.555. The van der Waals surface area contributed by atoms with Crippen molar-refractivity contribution in [2.24, 2.45) is 0 Å². The van der Waals surface area contributed by atoms with Crippen molar-refractivity contribution in [2.45, 2.75) is 18.7 Å². The molecule has 0 atom stereocenters. The summed E-state index contributed by atoms with van der Waals surface area (Å²) in [5.74, 6) is -0.184. The number of nitrogens with zero attached hydrogens (tertiary/aromatic N) is 4. The van der Waals surface area contributed by atoms with E-state index in [0.29, 0.717) is 34.5 Å². The van der Waals surface area contributed by atoms with Gasteiger partial charge in [-0.25, -0.2) is 13.4 Å². The van der Waals surface area contributed by atoms with Crippen molar-refractivity contribution in [1.29, 1.82) is 0 Å². The Kier molecular flexibility index (Phi) is 5.71. The summed E-state index contributed by atoms with van der Waals surface area (Å²) in [5.41, 5.74) is 1.33. The van der Waals surface area contributed by atoms with Crippen molar-refractivity contribution in [1.82, 2.24) is 18.6 Å². The largest absolute Gasteiger partial charge is 0.337 e. The zero-order valence-electron chi connectivity index (χ0n) is 16.6. The molecule has 158 valence electrons. The minimum Gasteiger partial charge on any atom is -0.337 e. The van der Waals surface area contributed by atoms with E-state index >= 15 is 0 Å². The Bertz CT molecular complexity index is 1240. The van der Waals surface area contributed by atoms with E-state index in [1.54, 1.807) is 17.0 Å². The lowest BCUT2D eigenvalue weighted by Crippen LogP contribution is -2.50. The van der Waals surface area contributed by atoms with E-state index in [9.17, 15) is 13.2 Å². The van der Waals surface area contributed by atoms with Gasteiger partial charge in [-0.2, -0.15) is 4.31 Å². The fourth-order valence-corrected chi connectivity index (χ4v) is 6.73. The van der Waals surface area contributed by atoms with Crippen LogP contribution in [0.4, 0.5) is 0 Å². The molecule has 1 fully saturated rings. The van der Waals surface area contributed by atoms with Crippen LogP contribution in [0.25, 0.3) is 11.7 Å². The van der Waals surface area contributed by atoms with Crippen LogP contribution in [-0.2, 0) is 14.8 Å². The van der Waals surface area contributed by atoms with Gasteiger partial charge in [0.15, 0.2) is 5.15 Å². The number of halogens is 1. The summed E-state index contributed by atoms with van der Waals surface area (Å²) in [4.78, 5) is 20.7. The van der Waals surface area contributed by atoms with Gasteiger partial charge in [-0.3, -0.25) is 9.20 Å². The normalized spacial score (nSPS) is 16.0. The van der Waals surface area contributed by atoms with E-state index in [-0.39, 0.29) is 19.0 Å². The Morgan fingerprint density at radius 2 is 1.93 bits per heavy atom. The van der Waals surface area contributed by atoms with Crippen LogP contribution in [0.15, 0.2) is 41.4 Å². The molecule has 10 heteroatoms. The maximum atomic E-state index is 12.9. The van der Waals surface area contributed by atoms with Crippen LogP contribution in [0, 0.1) is 13.8 Å². The molecule has 0 aliphatic carbocycles. The molecule has 0 saturated carbocycles. The Hall–Kier alpha value is -2.20. The molecule has 0 bridgehead atoms. The average Bonchev–Trinajstić information content (AvgIpc) is 3.24. The standard InChI is InChI=1S/C20H21ClN4O3S2/c1-14-13-17(15(2)29-14)30(27,28)24-11-9-23(10-12-24)19(26)7-6-16-20(21)22-18-5-3-4-8-25(16)18/h3-8,13H,9-12H2,1-2H3/b7-6+. The van der Waals surface area contributed by atoms with E-state index in [1.807, 2.05) is 42.6 Å². The van der Waals surface area contributed by atoms with Crippen molar-refractivity contribution < 1.29 is 13.2 Å². The van der Waals surface area contributed by atoms with E-state index in [1.165, 1.54) is 21.7 Å². The van der Waals surface area contributed by atoms with Crippen LogP contribution in [0.2, 0.25) is 5.15 Å². The van der Waals surface area contributed by atoms with Gasteiger partial charge in [0, 0.05) is 48.2 Å². The molecule has 7 nitrogen and oxygen atoms in total. The number of hydrogen-bond donors (Lipinski definition) is 0. The third kappa shape index (κ3) is 3.90. The second-order valence-corrected chi connectivity index (χ2v) is 10.8. The number of amides is 1. The van der Waals surface area contributed by atoms with Crippen molar-refractivity contribution in [2.75, 3.05) is 26.2 Å². The molecule has 3 aromatic rings. The van der Waals surface area contributed by atoms with Crippen LogP contribution >= 0.6 is 22.9 Å². The highest BCUT2D eigenvalue weighted by Gasteiger charge is 2.31. The number of carbonyl (C=O) groups is 1. The first-order valence-corrected chi connectivity index (χ1v) is 12.1. The van der Waals surface area contributed by atoms with Crippen molar-refractivity contribution >= 4 is 50.6 Å². The zero-order valence-corrected chi connectivity index (χ0v) is 19.0. The summed E-state index contributed by atoms with van der Waals surface area (Å²) in [7, 11) is -3.54. The lowest BCUT2D eigenvalue weighted by Gasteiger charge is -2.33. The molecule has 1 saturated heterocycles. The first-order chi connectivity index (χ1) is 14.3. The van der Waals surface area contributed by atoms with Crippen LogP contribution in [0.1, 0.15) is 15.4 Å². The van der Waals surface area contributed by atoms with Gasteiger partial charge in [0.1, 0.15) is 5.65 Å². The summed E-state index contributed by atoms with van der Waals surface area (Å²) in [6, 6.07) is 7.28. The Morgan fingerprint density at radius 3 is 2.60 bits per heavy atom. The number of carbonyl (C=O) groups excluding carboxylic acids is 1. The fraction of sp³-hybridized carbons (Fsp3) is 0.300.